The van der Waals surface area contributed by atoms with Crippen LogP contribution in [0, 0.1) is 13.8 Å². The predicted molar refractivity (Wildman–Crippen MR) is 133 cm³/mol. The van der Waals surface area contributed by atoms with E-state index in [0.717, 1.165) is 17.1 Å². The summed E-state index contributed by atoms with van der Waals surface area (Å²) in [5, 5.41) is 3.02. The topological polar surface area (TPSA) is 75.3 Å². The molecule has 0 saturated carbocycles. The highest BCUT2D eigenvalue weighted by Crippen LogP contribution is 2.26. The van der Waals surface area contributed by atoms with Gasteiger partial charge in [-0.2, -0.15) is 11.8 Å². The summed E-state index contributed by atoms with van der Waals surface area (Å²) in [7, 11) is -3.77. The number of nitrogens with one attached hydrogen (secondary N) is 2. The number of hydrogen-bond acceptors (Lipinski definition) is 4. The zero-order valence-corrected chi connectivity index (χ0v) is 20.3. The van der Waals surface area contributed by atoms with Gasteiger partial charge in [-0.05, 0) is 49.7 Å². The van der Waals surface area contributed by atoms with Crippen molar-refractivity contribution in [2.75, 3.05) is 17.0 Å². The molecule has 0 radical (unpaired) electrons. The van der Waals surface area contributed by atoms with Crippen LogP contribution in [0.2, 0.25) is 5.02 Å². The second kappa shape index (κ2) is 10.9. The minimum atomic E-state index is -3.77. The number of sulfonamides is 1. The summed E-state index contributed by atoms with van der Waals surface area (Å²) in [4.78, 5) is 12.5. The normalized spacial score (nSPS) is 11.2. The van der Waals surface area contributed by atoms with Gasteiger partial charge in [-0.25, -0.2) is 8.42 Å². The van der Waals surface area contributed by atoms with Gasteiger partial charge in [0.15, 0.2) is 0 Å². The van der Waals surface area contributed by atoms with Crippen molar-refractivity contribution in [3.63, 3.8) is 0 Å². The van der Waals surface area contributed by atoms with Crippen molar-refractivity contribution >= 4 is 45.0 Å². The van der Waals surface area contributed by atoms with Crippen molar-refractivity contribution in [1.82, 2.24) is 5.32 Å². The van der Waals surface area contributed by atoms with Crippen LogP contribution in [-0.2, 0) is 15.8 Å². The molecule has 168 valence electrons. The molecule has 3 aromatic rings. The minimum absolute atomic E-state index is 0.143. The van der Waals surface area contributed by atoms with Crippen LogP contribution in [0.5, 0.6) is 0 Å². The zero-order valence-electron chi connectivity index (χ0n) is 17.9. The van der Waals surface area contributed by atoms with Crippen LogP contribution in [0.15, 0.2) is 71.6 Å². The maximum atomic E-state index is 12.6. The summed E-state index contributed by atoms with van der Waals surface area (Å²) in [6.07, 6.45) is 0. The molecule has 5 nitrogen and oxygen atoms in total. The first-order valence-corrected chi connectivity index (χ1v) is 13.1. The first-order valence-electron chi connectivity index (χ1n) is 10.0. The number of carbonyl (C=O) groups excluding carboxylic acids is 1. The standard InChI is InChI=1S/C24H25ClN2O3S2/c1-17-3-7-19(8-4-17)16-31-14-13-26-24(28)20-9-12-23(22(25)15-20)27-32(29,30)21-10-5-18(2)6-11-21/h3-12,15,27H,13-14,16H2,1-2H3,(H,26,28). The Bertz CT molecular complexity index is 1180. The average molecular weight is 489 g/mol. The minimum Gasteiger partial charge on any atom is -0.351 e. The van der Waals surface area contributed by atoms with Gasteiger partial charge in [-0.1, -0.05) is 59.1 Å². The number of rotatable bonds is 9. The van der Waals surface area contributed by atoms with E-state index in [9.17, 15) is 13.2 Å². The number of aryl methyl sites for hydroxylation is 2. The predicted octanol–water partition coefficient (Wildman–Crippen LogP) is 5.42. The zero-order chi connectivity index (χ0) is 23.1. The second-order valence-electron chi connectivity index (χ2n) is 7.41. The third-order valence-electron chi connectivity index (χ3n) is 4.73. The van der Waals surface area contributed by atoms with Crippen LogP contribution in [0.25, 0.3) is 0 Å². The largest absolute Gasteiger partial charge is 0.351 e. The number of benzene rings is 3. The van der Waals surface area contributed by atoms with E-state index in [1.54, 1.807) is 30.0 Å². The Balaban J connectivity index is 1.52. The molecule has 0 bridgehead atoms. The first-order chi connectivity index (χ1) is 15.2. The Hall–Kier alpha value is -2.48. The summed E-state index contributed by atoms with van der Waals surface area (Å²) < 4.78 is 27.6. The van der Waals surface area contributed by atoms with Crippen LogP contribution < -0.4 is 10.0 Å². The van der Waals surface area contributed by atoms with Crippen molar-refractivity contribution < 1.29 is 13.2 Å². The number of halogens is 1. The van der Waals surface area contributed by atoms with Crippen molar-refractivity contribution in [2.45, 2.75) is 24.5 Å². The quantitative estimate of drug-likeness (QED) is 0.394. The molecule has 3 aromatic carbocycles. The van der Waals surface area contributed by atoms with E-state index in [2.05, 4.69) is 41.2 Å². The summed E-state index contributed by atoms with van der Waals surface area (Å²) in [6.45, 7) is 4.46. The molecule has 0 unspecified atom stereocenters. The molecular formula is C24H25ClN2O3S2. The fourth-order valence-electron chi connectivity index (χ4n) is 2.87. The maximum Gasteiger partial charge on any atom is 0.261 e. The highest BCUT2D eigenvalue weighted by atomic mass is 35.5. The SMILES string of the molecule is Cc1ccc(CSCCNC(=O)c2ccc(NS(=O)(=O)c3ccc(C)cc3)c(Cl)c2)cc1. The Kier molecular flexibility index (Phi) is 8.23. The van der Waals surface area contributed by atoms with E-state index >= 15 is 0 Å². The molecule has 2 N–H and O–H groups in total. The van der Waals surface area contributed by atoms with Crippen molar-refractivity contribution in [3.8, 4) is 0 Å². The lowest BCUT2D eigenvalue weighted by atomic mass is 10.2. The molecular weight excluding hydrogens is 464 g/mol. The summed E-state index contributed by atoms with van der Waals surface area (Å²) in [5.74, 6) is 1.41. The van der Waals surface area contributed by atoms with Gasteiger partial charge in [0.05, 0.1) is 15.6 Å². The Morgan fingerprint density at radius 2 is 1.56 bits per heavy atom. The van der Waals surface area contributed by atoms with Gasteiger partial charge < -0.3 is 5.32 Å². The third kappa shape index (κ3) is 6.76. The third-order valence-corrected chi connectivity index (χ3v) is 7.45. The van der Waals surface area contributed by atoms with Gasteiger partial charge >= 0.3 is 0 Å². The lowest BCUT2D eigenvalue weighted by Gasteiger charge is -2.11. The smallest absolute Gasteiger partial charge is 0.261 e. The van der Waals surface area contributed by atoms with Crippen LogP contribution in [-0.4, -0.2) is 26.6 Å². The van der Waals surface area contributed by atoms with Crippen LogP contribution >= 0.6 is 23.4 Å². The fourth-order valence-corrected chi connectivity index (χ4v) is 5.06. The van der Waals surface area contributed by atoms with Gasteiger partial charge in [0.25, 0.3) is 15.9 Å². The highest BCUT2D eigenvalue weighted by Gasteiger charge is 2.16. The highest BCUT2D eigenvalue weighted by molar-refractivity contribution is 7.98. The Morgan fingerprint density at radius 1 is 0.938 bits per heavy atom. The van der Waals surface area contributed by atoms with E-state index in [4.69, 9.17) is 11.6 Å². The summed E-state index contributed by atoms with van der Waals surface area (Å²) in [5.41, 5.74) is 4.04. The number of carbonyl (C=O) groups is 1. The fraction of sp³-hybridized carbons (Fsp3) is 0.208. The first kappa shape index (κ1) is 24.2. The van der Waals surface area contributed by atoms with Gasteiger partial charge in [0, 0.05) is 23.6 Å². The molecule has 3 rings (SSSR count). The van der Waals surface area contributed by atoms with E-state index in [-0.39, 0.29) is 21.5 Å². The van der Waals surface area contributed by atoms with Crippen molar-refractivity contribution in [2.24, 2.45) is 0 Å². The Labute approximate surface area is 198 Å². The van der Waals surface area contributed by atoms with E-state index < -0.39 is 10.0 Å². The number of anilines is 1. The molecule has 0 aromatic heterocycles. The summed E-state index contributed by atoms with van der Waals surface area (Å²) >= 11 is 7.99. The molecule has 0 heterocycles. The molecule has 0 aliphatic heterocycles. The Morgan fingerprint density at radius 3 is 2.19 bits per heavy atom. The monoisotopic (exact) mass is 488 g/mol. The van der Waals surface area contributed by atoms with Gasteiger partial charge in [-0.15, -0.1) is 0 Å². The molecule has 0 atom stereocenters. The second-order valence-corrected chi connectivity index (χ2v) is 10.6. The molecule has 0 aliphatic carbocycles. The van der Waals surface area contributed by atoms with E-state index in [1.165, 1.54) is 35.4 Å². The number of thioether (sulfide) groups is 1. The van der Waals surface area contributed by atoms with Gasteiger partial charge in [-0.3, -0.25) is 9.52 Å². The van der Waals surface area contributed by atoms with Gasteiger partial charge in [0.2, 0.25) is 0 Å². The summed E-state index contributed by atoms with van der Waals surface area (Å²) in [6, 6.07) is 19.4. The maximum absolute atomic E-state index is 12.6. The van der Waals surface area contributed by atoms with Crippen molar-refractivity contribution in [1.29, 1.82) is 0 Å². The molecule has 0 saturated heterocycles. The number of hydrogen-bond donors (Lipinski definition) is 2. The lowest BCUT2D eigenvalue weighted by molar-refractivity contribution is 0.0956. The molecule has 0 spiro atoms. The van der Waals surface area contributed by atoms with Crippen LogP contribution in [0.1, 0.15) is 27.0 Å². The van der Waals surface area contributed by atoms with E-state index in [1.807, 2.05) is 6.92 Å². The van der Waals surface area contributed by atoms with Crippen LogP contribution in [0.4, 0.5) is 5.69 Å². The molecule has 1 amide bonds. The lowest BCUT2D eigenvalue weighted by Crippen LogP contribution is -2.25. The van der Waals surface area contributed by atoms with Gasteiger partial charge in [0.1, 0.15) is 0 Å². The van der Waals surface area contributed by atoms with Crippen molar-refractivity contribution in [3.05, 3.63) is 94.0 Å². The molecule has 8 heteroatoms. The number of amides is 1. The molecule has 0 fully saturated rings. The molecule has 32 heavy (non-hydrogen) atoms. The average Bonchev–Trinajstić information content (AvgIpc) is 2.76. The molecule has 0 aliphatic rings. The van der Waals surface area contributed by atoms with E-state index in [0.29, 0.717) is 12.1 Å². The van der Waals surface area contributed by atoms with Crippen LogP contribution in [0.3, 0.4) is 0 Å².